The van der Waals surface area contributed by atoms with Crippen molar-refractivity contribution in [1.29, 1.82) is 0 Å². The molecule has 34 heteroatoms. The average Bonchev–Trinajstić information content (AvgIpc) is 2.98. The van der Waals surface area contributed by atoms with E-state index in [1.54, 1.807) is 27.7 Å². The predicted molar refractivity (Wildman–Crippen MR) is 195 cm³/mol. The Bertz CT molecular complexity index is 1080. The van der Waals surface area contributed by atoms with Gasteiger partial charge in [-0.2, -0.15) is 79.0 Å². The van der Waals surface area contributed by atoms with Crippen LogP contribution in [0.3, 0.4) is 0 Å². The molecule has 0 spiro atoms. The van der Waals surface area contributed by atoms with Gasteiger partial charge in [-0.15, -0.1) is 73.1 Å². The molecule has 368 valence electrons. The number of hydrogen-bond donors (Lipinski definition) is 4. The number of rotatable bonds is 16. The first-order chi connectivity index (χ1) is 26.3. The molecule has 0 radical (unpaired) electrons. The van der Waals surface area contributed by atoms with E-state index in [1.165, 1.54) is 0 Å². The quantitative estimate of drug-likeness (QED) is 0.0528. The SMILES string of the molecule is C=CCC(O)(C(F)(F)F)C(F)(F)F.CCO.CCO[Si](CCCC(O)(C(F)(F)F)C(F)(F)F)(OCC)OCC.Cl[SiH](Cl)Cl.OC(CCC[Si](Cl)(Cl)Cl)(C(F)(F)F)C(F)(F)F. The Morgan fingerprint density at radius 1 is 0.517 bits per heavy atom. The number of hydrogen-bond acceptors (Lipinski definition) is 7. The van der Waals surface area contributed by atoms with Crippen LogP contribution in [-0.2, 0) is 13.3 Å². The van der Waals surface area contributed by atoms with Crippen molar-refractivity contribution in [3.63, 3.8) is 0 Å². The van der Waals surface area contributed by atoms with Gasteiger partial charge in [0.05, 0.1) is 0 Å². The minimum Gasteiger partial charge on any atom is -0.397 e. The molecule has 4 N–H and O–H groups in total. The Hall–Kier alpha value is 0.591. The van der Waals surface area contributed by atoms with Gasteiger partial charge < -0.3 is 33.7 Å². The van der Waals surface area contributed by atoms with Gasteiger partial charge in [-0.25, -0.2) is 0 Å². The highest BCUT2D eigenvalue weighted by Gasteiger charge is 2.71. The van der Waals surface area contributed by atoms with Gasteiger partial charge >= 0.3 is 58.6 Å². The Morgan fingerprint density at radius 3 is 0.883 bits per heavy atom. The molecule has 0 atom stereocenters. The molecule has 7 nitrogen and oxygen atoms in total. The molecular formula is C26H42Cl6F18O7Si3. The summed E-state index contributed by atoms with van der Waals surface area (Å²) in [6.07, 6.45) is -40.4. The molecule has 0 unspecified atom stereocenters. The van der Waals surface area contributed by atoms with Gasteiger partial charge in [0, 0.05) is 38.9 Å². The third kappa shape index (κ3) is 25.9. The van der Waals surface area contributed by atoms with E-state index in [4.69, 9.17) is 100 Å². The van der Waals surface area contributed by atoms with Crippen molar-refractivity contribution in [3.8, 4) is 0 Å². The maximum Gasteiger partial charge on any atom is 0.500 e. The van der Waals surface area contributed by atoms with Crippen LogP contribution in [0.5, 0.6) is 0 Å². The maximum absolute atomic E-state index is 12.6. The van der Waals surface area contributed by atoms with E-state index in [2.05, 4.69) is 6.58 Å². The van der Waals surface area contributed by atoms with Crippen molar-refractivity contribution in [2.45, 2.75) is 126 Å². The molecule has 0 aromatic rings. The molecule has 0 aliphatic rings. The summed E-state index contributed by atoms with van der Waals surface area (Å²) in [4.78, 5) is 0. The molecule has 0 rings (SSSR count). The lowest BCUT2D eigenvalue weighted by Gasteiger charge is -2.33. The van der Waals surface area contributed by atoms with Crippen molar-refractivity contribution in [2.24, 2.45) is 0 Å². The zero-order valence-electron chi connectivity index (χ0n) is 31.2. The summed E-state index contributed by atoms with van der Waals surface area (Å²) < 4.78 is 235. The Kier molecular flexibility index (Phi) is 33.2. The van der Waals surface area contributed by atoms with Crippen LogP contribution in [0, 0.1) is 0 Å². The van der Waals surface area contributed by atoms with Crippen molar-refractivity contribution in [3.05, 3.63) is 12.7 Å². The van der Waals surface area contributed by atoms with Crippen LogP contribution in [0.2, 0.25) is 12.1 Å². The van der Waals surface area contributed by atoms with Gasteiger partial charge in [-0.05, 0) is 59.4 Å². The highest BCUT2D eigenvalue weighted by Crippen LogP contribution is 2.48. The summed E-state index contributed by atoms with van der Waals surface area (Å²) in [5, 5.41) is 33.8. The zero-order valence-corrected chi connectivity index (χ0v) is 38.9. The lowest BCUT2D eigenvalue weighted by atomic mass is 9.97. The summed E-state index contributed by atoms with van der Waals surface area (Å²) in [7, 11) is -3.36. The Labute approximate surface area is 364 Å². The van der Waals surface area contributed by atoms with E-state index >= 15 is 0 Å². The molecule has 0 saturated carbocycles. The minimum absolute atomic E-state index is 0.148. The fourth-order valence-electron chi connectivity index (χ4n) is 3.60. The molecule has 0 aliphatic carbocycles. The first kappa shape index (κ1) is 69.6. The van der Waals surface area contributed by atoms with Gasteiger partial charge in [0.15, 0.2) is 0 Å². The van der Waals surface area contributed by atoms with Crippen LogP contribution in [0.4, 0.5) is 79.0 Å². The molecule has 0 fully saturated rings. The van der Waals surface area contributed by atoms with Gasteiger partial charge in [-0.3, -0.25) is 0 Å². The Morgan fingerprint density at radius 2 is 0.733 bits per heavy atom. The smallest absolute Gasteiger partial charge is 0.397 e. The van der Waals surface area contributed by atoms with Crippen LogP contribution in [0.15, 0.2) is 12.7 Å². The van der Waals surface area contributed by atoms with E-state index in [0.29, 0.717) is 6.08 Å². The van der Waals surface area contributed by atoms with Gasteiger partial charge in [0.2, 0.25) is 0 Å². The normalized spacial score (nSPS) is 13.8. The average molecular weight is 1110 g/mol. The third-order valence-electron chi connectivity index (χ3n) is 6.37. The molecule has 0 aromatic carbocycles. The van der Waals surface area contributed by atoms with Gasteiger partial charge in [0.1, 0.15) is 0 Å². The maximum atomic E-state index is 12.6. The molecule has 0 aromatic heterocycles. The second-order valence-electron chi connectivity index (χ2n) is 10.9. The number of aliphatic hydroxyl groups is 4. The summed E-state index contributed by atoms with van der Waals surface area (Å²) in [6.45, 7) is 8.20. The minimum atomic E-state index is -5.82. The third-order valence-corrected chi connectivity index (χ3v) is 12.1. The summed E-state index contributed by atoms with van der Waals surface area (Å²) in [5.74, 6) is 0. The van der Waals surface area contributed by atoms with E-state index < -0.39 is 114 Å². The first-order valence-electron chi connectivity index (χ1n) is 16.0. The molecular weight excluding hydrogens is 1060 g/mol. The predicted octanol–water partition coefficient (Wildman–Crippen LogP) is 11.8. The first-order valence-corrected chi connectivity index (χ1v) is 28.4. The lowest BCUT2D eigenvalue weighted by Crippen LogP contribution is -2.57. The topological polar surface area (TPSA) is 109 Å². The zero-order chi connectivity index (χ0) is 49.7. The highest BCUT2D eigenvalue weighted by molar-refractivity contribution is 7.64. The van der Waals surface area contributed by atoms with E-state index in [9.17, 15) is 79.0 Å². The standard InChI is InChI=1S/C12H22F6O4Si.C6H7Cl3F6OSi.C6H6F6O.C2H6O.Cl3HSi/c1-4-20-23(21-5-2,22-6-3)9-7-8-10(19,11(13,14)15)12(16,17)18;7-17(8,9)3-1-2-4(16,5(10,11)12)6(13,14)15;1-2-3-4(13,5(7,8)9)6(10,11)12;1-2-3;1-4(2)3/h19H,4-9H2,1-3H3;16H,1-3H2;2,13H,1,3H2;3H,2H2,1H3;4H. The molecule has 0 heterocycles. The monoisotopic (exact) mass is 1100 g/mol. The van der Waals surface area contributed by atoms with Crippen molar-refractivity contribution >= 4 is 88.0 Å². The fourth-order valence-corrected chi connectivity index (χ4v) is 7.99. The Balaban J connectivity index is -0.000000240. The van der Waals surface area contributed by atoms with E-state index in [0.717, 1.165) is 0 Å². The number of aliphatic hydroxyl groups excluding tert-OH is 1. The fraction of sp³-hybridized carbons (Fsp3) is 0.923. The van der Waals surface area contributed by atoms with Crippen molar-refractivity contribution in [1.82, 2.24) is 0 Å². The molecule has 0 saturated heterocycles. The largest absolute Gasteiger partial charge is 0.500 e. The number of alkyl halides is 18. The van der Waals surface area contributed by atoms with Gasteiger partial charge in [-0.1, -0.05) is 6.08 Å². The second-order valence-corrected chi connectivity index (χ2v) is 29.4. The molecule has 0 aliphatic heterocycles. The number of halogens is 24. The van der Waals surface area contributed by atoms with Crippen LogP contribution in [0.25, 0.3) is 0 Å². The molecule has 0 amide bonds. The summed E-state index contributed by atoms with van der Waals surface area (Å²) in [5.41, 5.74) is -14.2. The molecule has 0 bridgehead atoms. The van der Waals surface area contributed by atoms with E-state index in [-0.39, 0.29) is 32.5 Å². The summed E-state index contributed by atoms with van der Waals surface area (Å²) >= 11 is 30.8. The second kappa shape index (κ2) is 28.6. The highest BCUT2D eigenvalue weighted by atomic mass is 35.8. The van der Waals surface area contributed by atoms with Gasteiger partial charge in [0.25, 0.3) is 16.8 Å². The van der Waals surface area contributed by atoms with E-state index in [1.807, 2.05) is 0 Å². The van der Waals surface area contributed by atoms with Crippen LogP contribution in [-0.4, -0.2) is 122 Å². The van der Waals surface area contributed by atoms with Crippen LogP contribution >= 0.6 is 66.5 Å². The van der Waals surface area contributed by atoms with Crippen LogP contribution < -0.4 is 0 Å². The van der Waals surface area contributed by atoms with Crippen molar-refractivity contribution < 1.29 is 113 Å². The van der Waals surface area contributed by atoms with Crippen LogP contribution in [0.1, 0.15) is 59.8 Å². The van der Waals surface area contributed by atoms with Crippen molar-refractivity contribution in [2.75, 3.05) is 26.4 Å². The summed E-state index contributed by atoms with van der Waals surface area (Å²) in [6, 6.07) is -3.95. The molecule has 60 heavy (non-hydrogen) atoms. The lowest BCUT2D eigenvalue weighted by molar-refractivity contribution is -0.370.